The SMILES string of the molecule is CN(CCNCc1ccco1)Cc1ccccc1Cl. The minimum absolute atomic E-state index is 0.771. The van der Waals surface area contributed by atoms with E-state index in [2.05, 4.69) is 23.3 Å². The Morgan fingerprint density at radius 3 is 2.79 bits per heavy atom. The van der Waals surface area contributed by atoms with Crippen molar-refractivity contribution in [2.75, 3.05) is 20.1 Å². The standard InChI is InChI=1S/C15H19ClN2O/c1-18(12-13-5-2-3-7-15(13)16)9-8-17-11-14-6-4-10-19-14/h2-7,10,17H,8-9,11-12H2,1H3. The molecular weight excluding hydrogens is 260 g/mol. The van der Waals surface area contributed by atoms with E-state index >= 15 is 0 Å². The molecule has 2 rings (SSSR count). The fourth-order valence-electron chi connectivity index (χ4n) is 1.89. The van der Waals surface area contributed by atoms with Gasteiger partial charge in [0.2, 0.25) is 0 Å². The first-order chi connectivity index (χ1) is 9.25. The minimum atomic E-state index is 0.771. The first-order valence-corrected chi connectivity index (χ1v) is 6.78. The van der Waals surface area contributed by atoms with E-state index in [0.29, 0.717) is 0 Å². The first kappa shape index (κ1) is 14.1. The number of nitrogens with zero attached hydrogens (tertiary/aromatic N) is 1. The van der Waals surface area contributed by atoms with Crippen molar-refractivity contribution in [3.8, 4) is 0 Å². The van der Waals surface area contributed by atoms with Crippen molar-refractivity contribution in [1.82, 2.24) is 10.2 Å². The van der Waals surface area contributed by atoms with Gasteiger partial charge in [-0.05, 0) is 30.8 Å². The summed E-state index contributed by atoms with van der Waals surface area (Å²) in [6, 6.07) is 11.8. The van der Waals surface area contributed by atoms with E-state index < -0.39 is 0 Å². The van der Waals surface area contributed by atoms with Crippen molar-refractivity contribution in [2.24, 2.45) is 0 Å². The van der Waals surface area contributed by atoms with Gasteiger partial charge in [0.15, 0.2) is 0 Å². The van der Waals surface area contributed by atoms with E-state index in [9.17, 15) is 0 Å². The molecule has 0 saturated heterocycles. The van der Waals surface area contributed by atoms with Crippen LogP contribution in [-0.4, -0.2) is 25.0 Å². The van der Waals surface area contributed by atoms with Gasteiger partial charge in [-0.1, -0.05) is 29.8 Å². The van der Waals surface area contributed by atoms with Crippen LogP contribution in [0.4, 0.5) is 0 Å². The van der Waals surface area contributed by atoms with Gasteiger partial charge >= 0.3 is 0 Å². The van der Waals surface area contributed by atoms with E-state index in [-0.39, 0.29) is 0 Å². The molecule has 0 aliphatic heterocycles. The van der Waals surface area contributed by atoms with Crippen LogP contribution in [0.2, 0.25) is 5.02 Å². The zero-order valence-electron chi connectivity index (χ0n) is 11.1. The molecule has 0 aliphatic rings. The van der Waals surface area contributed by atoms with Crippen LogP contribution in [0.3, 0.4) is 0 Å². The van der Waals surface area contributed by atoms with Crippen molar-refractivity contribution in [3.63, 3.8) is 0 Å². The molecule has 1 heterocycles. The van der Waals surface area contributed by atoms with Gasteiger partial charge in [0.25, 0.3) is 0 Å². The highest BCUT2D eigenvalue weighted by Crippen LogP contribution is 2.16. The highest BCUT2D eigenvalue weighted by molar-refractivity contribution is 6.31. The number of hydrogen-bond acceptors (Lipinski definition) is 3. The van der Waals surface area contributed by atoms with Crippen molar-refractivity contribution in [3.05, 3.63) is 59.0 Å². The fraction of sp³-hybridized carbons (Fsp3) is 0.333. The van der Waals surface area contributed by atoms with Crippen LogP contribution in [-0.2, 0) is 13.1 Å². The lowest BCUT2D eigenvalue weighted by Gasteiger charge is -2.17. The normalized spacial score (nSPS) is 11.1. The molecule has 102 valence electrons. The van der Waals surface area contributed by atoms with E-state index in [0.717, 1.165) is 42.5 Å². The zero-order chi connectivity index (χ0) is 13.5. The monoisotopic (exact) mass is 278 g/mol. The molecule has 0 radical (unpaired) electrons. The highest BCUT2D eigenvalue weighted by atomic mass is 35.5. The lowest BCUT2D eigenvalue weighted by molar-refractivity contribution is 0.321. The Morgan fingerprint density at radius 1 is 1.21 bits per heavy atom. The predicted octanol–water partition coefficient (Wildman–Crippen LogP) is 3.15. The van der Waals surface area contributed by atoms with Gasteiger partial charge in [0, 0.05) is 24.7 Å². The summed E-state index contributed by atoms with van der Waals surface area (Å²) in [6.45, 7) is 3.52. The third kappa shape index (κ3) is 4.71. The third-order valence-electron chi connectivity index (χ3n) is 2.95. The second-order valence-corrected chi connectivity index (χ2v) is 4.99. The van der Waals surface area contributed by atoms with Gasteiger partial charge in [0.1, 0.15) is 5.76 Å². The van der Waals surface area contributed by atoms with Crippen LogP contribution in [0.25, 0.3) is 0 Å². The number of likely N-dealkylation sites (N-methyl/N-ethyl adjacent to an activating group) is 1. The molecule has 0 saturated carbocycles. The molecule has 0 spiro atoms. The van der Waals surface area contributed by atoms with E-state index in [1.807, 2.05) is 30.3 Å². The van der Waals surface area contributed by atoms with Crippen LogP contribution < -0.4 is 5.32 Å². The number of hydrogen-bond donors (Lipinski definition) is 1. The van der Waals surface area contributed by atoms with Crippen LogP contribution in [0.5, 0.6) is 0 Å². The quantitative estimate of drug-likeness (QED) is 0.789. The minimum Gasteiger partial charge on any atom is -0.468 e. The summed E-state index contributed by atoms with van der Waals surface area (Å²) in [7, 11) is 2.10. The number of halogens is 1. The molecule has 1 aromatic heterocycles. The topological polar surface area (TPSA) is 28.4 Å². The van der Waals surface area contributed by atoms with Gasteiger partial charge < -0.3 is 14.6 Å². The predicted molar refractivity (Wildman–Crippen MR) is 78.2 cm³/mol. The van der Waals surface area contributed by atoms with Gasteiger partial charge in [-0.25, -0.2) is 0 Å². The van der Waals surface area contributed by atoms with E-state index in [4.69, 9.17) is 16.0 Å². The van der Waals surface area contributed by atoms with Crippen LogP contribution in [0.1, 0.15) is 11.3 Å². The van der Waals surface area contributed by atoms with Crippen LogP contribution in [0, 0.1) is 0 Å². The Balaban J connectivity index is 1.67. The lowest BCUT2D eigenvalue weighted by Crippen LogP contribution is -2.28. The summed E-state index contributed by atoms with van der Waals surface area (Å²) < 4.78 is 5.26. The molecule has 0 aliphatic carbocycles. The third-order valence-corrected chi connectivity index (χ3v) is 3.32. The summed E-state index contributed by atoms with van der Waals surface area (Å²) in [5, 5.41) is 4.18. The molecule has 0 amide bonds. The number of nitrogens with one attached hydrogen (secondary N) is 1. The van der Waals surface area contributed by atoms with Crippen molar-refractivity contribution < 1.29 is 4.42 Å². The smallest absolute Gasteiger partial charge is 0.117 e. The molecule has 1 N–H and O–H groups in total. The highest BCUT2D eigenvalue weighted by Gasteiger charge is 2.03. The molecule has 0 bridgehead atoms. The zero-order valence-corrected chi connectivity index (χ0v) is 11.9. The molecule has 0 unspecified atom stereocenters. The molecule has 19 heavy (non-hydrogen) atoms. The van der Waals surface area contributed by atoms with Gasteiger partial charge in [0.05, 0.1) is 12.8 Å². The Kier molecular flexibility index (Phi) is 5.45. The van der Waals surface area contributed by atoms with E-state index in [1.165, 1.54) is 0 Å². The average molecular weight is 279 g/mol. The summed E-state index contributed by atoms with van der Waals surface area (Å²) in [4.78, 5) is 2.25. The number of benzene rings is 1. The largest absolute Gasteiger partial charge is 0.468 e. The second-order valence-electron chi connectivity index (χ2n) is 4.59. The molecule has 0 fully saturated rings. The Morgan fingerprint density at radius 2 is 2.05 bits per heavy atom. The Hall–Kier alpha value is -1.29. The summed E-state index contributed by atoms with van der Waals surface area (Å²) >= 11 is 6.14. The van der Waals surface area contributed by atoms with Crippen molar-refractivity contribution >= 4 is 11.6 Å². The second kappa shape index (κ2) is 7.34. The average Bonchev–Trinajstić information content (AvgIpc) is 2.91. The van der Waals surface area contributed by atoms with Gasteiger partial charge in [-0.2, -0.15) is 0 Å². The Labute approximate surface area is 119 Å². The fourth-order valence-corrected chi connectivity index (χ4v) is 2.09. The van der Waals surface area contributed by atoms with E-state index in [1.54, 1.807) is 6.26 Å². The van der Waals surface area contributed by atoms with Gasteiger partial charge in [-0.15, -0.1) is 0 Å². The molecule has 1 aromatic carbocycles. The maximum atomic E-state index is 6.14. The molecule has 3 nitrogen and oxygen atoms in total. The van der Waals surface area contributed by atoms with Crippen LogP contribution >= 0.6 is 11.6 Å². The van der Waals surface area contributed by atoms with Crippen molar-refractivity contribution in [1.29, 1.82) is 0 Å². The molecule has 0 atom stereocenters. The summed E-state index contributed by atoms with van der Waals surface area (Å²) in [6.07, 6.45) is 1.69. The molecule has 2 aromatic rings. The van der Waals surface area contributed by atoms with Crippen LogP contribution in [0.15, 0.2) is 47.1 Å². The van der Waals surface area contributed by atoms with Gasteiger partial charge in [-0.3, -0.25) is 0 Å². The maximum Gasteiger partial charge on any atom is 0.117 e. The first-order valence-electron chi connectivity index (χ1n) is 6.41. The summed E-state index contributed by atoms with van der Waals surface area (Å²) in [5.74, 6) is 0.966. The number of furan rings is 1. The van der Waals surface area contributed by atoms with Crippen molar-refractivity contribution in [2.45, 2.75) is 13.1 Å². The molecular formula is C15H19ClN2O. The number of rotatable bonds is 7. The lowest BCUT2D eigenvalue weighted by atomic mass is 10.2. The Bertz CT molecular complexity index is 485. The molecule has 4 heteroatoms. The summed E-state index contributed by atoms with van der Waals surface area (Å²) in [5.41, 5.74) is 1.16. The maximum absolute atomic E-state index is 6.14.